The van der Waals surface area contributed by atoms with Gasteiger partial charge in [-0.2, -0.15) is 0 Å². The predicted octanol–water partition coefficient (Wildman–Crippen LogP) is 4.11. The number of pyridine rings is 1. The third-order valence-corrected chi connectivity index (χ3v) is 7.02. The number of benzene rings is 1. The van der Waals surface area contributed by atoms with E-state index in [1.807, 2.05) is 26.1 Å². The Morgan fingerprint density at radius 1 is 1.09 bits per heavy atom. The van der Waals surface area contributed by atoms with Gasteiger partial charge < -0.3 is 23.7 Å². The maximum atomic E-state index is 10.9. The van der Waals surface area contributed by atoms with Gasteiger partial charge in [-0.05, 0) is 50.3 Å². The number of aromatic nitrogens is 3. The van der Waals surface area contributed by atoms with Crippen LogP contribution in [0.15, 0.2) is 35.0 Å². The van der Waals surface area contributed by atoms with Gasteiger partial charge in [0.05, 0.1) is 35.5 Å². The van der Waals surface area contributed by atoms with Gasteiger partial charge in [-0.25, -0.2) is 0 Å². The van der Waals surface area contributed by atoms with Gasteiger partial charge in [0.15, 0.2) is 0 Å². The highest BCUT2D eigenvalue weighted by Gasteiger charge is 2.38. The molecule has 7 heteroatoms. The maximum Gasteiger partial charge on any atom is 0.141 e. The third-order valence-electron chi connectivity index (χ3n) is 7.02. The van der Waals surface area contributed by atoms with Crippen LogP contribution in [0.4, 0.5) is 0 Å². The van der Waals surface area contributed by atoms with E-state index in [2.05, 4.69) is 27.9 Å². The maximum absolute atomic E-state index is 10.9. The molecule has 5 heterocycles. The molecule has 0 bridgehead atoms. The second kappa shape index (κ2) is 7.40. The van der Waals surface area contributed by atoms with Crippen molar-refractivity contribution in [1.29, 1.82) is 0 Å². The zero-order valence-electron chi connectivity index (χ0n) is 18.4. The first kappa shape index (κ1) is 19.9. The number of rotatable bonds is 4. The van der Waals surface area contributed by atoms with E-state index < -0.39 is 5.60 Å². The molecule has 2 aliphatic heterocycles. The fraction of sp³-hybridized carbons (Fsp3) is 0.440. The second-order valence-electron chi connectivity index (χ2n) is 9.21. The van der Waals surface area contributed by atoms with Crippen molar-refractivity contribution in [1.82, 2.24) is 14.7 Å². The molecule has 0 unspecified atom stereocenters. The minimum atomic E-state index is -0.899. The Hall–Kier alpha value is -2.74. The van der Waals surface area contributed by atoms with Gasteiger partial charge in [-0.3, -0.25) is 4.98 Å². The molecule has 7 nitrogen and oxygen atoms in total. The van der Waals surface area contributed by atoms with Crippen LogP contribution in [0.25, 0.3) is 33.1 Å². The minimum Gasteiger partial charge on any atom is -0.381 e. The van der Waals surface area contributed by atoms with Crippen molar-refractivity contribution in [3.8, 4) is 11.1 Å². The van der Waals surface area contributed by atoms with Crippen molar-refractivity contribution >= 4 is 21.9 Å². The van der Waals surface area contributed by atoms with Gasteiger partial charge in [0.25, 0.3) is 0 Å². The summed E-state index contributed by atoms with van der Waals surface area (Å²) in [7, 11) is 0. The first-order valence-electron chi connectivity index (χ1n) is 11.3. The molecule has 0 radical (unpaired) electrons. The largest absolute Gasteiger partial charge is 0.381 e. The van der Waals surface area contributed by atoms with E-state index in [-0.39, 0.29) is 0 Å². The SMILES string of the molecule is Cc1noc(C)c1-c1cnc2c3ccc(C4(O)COC4)cc3n(CC3CCOCC3)c2c1. The van der Waals surface area contributed by atoms with Crippen molar-refractivity contribution in [2.45, 2.75) is 38.8 Å². The normalized spacial score (nSPS) is 19.0. The minimum absolute atomic E-state index is 0.340. The monoisotopic (exact) mass is 433 g/mol. The first-order valence-corrected chi connectivity index (χ1v) is 11.3. The third kappa shape index (κ3) is 3.07. The lowest BCUT2D eigenvalue weighted by atomic mass is 9.91. The fourth-order valence-corrected chi connectivity index (χ4v) is 5.12. The van der Waals surface area contributed by atoms with Crippen LogP contribution < -0.4 is 0 Å². The van der Waals surface area contributed by atoms with Gasteiger partial charge in [0.2, 0.25) is 0 Å². The van der Waals surface area contributed by atoms with Gasteiger partial charge in [-0.1, -0.05) is 17.3 Å². The molecule has 0 saturated carbocycles. The molecule has 0 amide bonds. The van der Waals surface area contributed by atoms with Crippen LogP contribution >= 0.6 is 0 Å². The summed E-state index contributed by atoms with van der Waals surface area (Å²) in [6.45, 7) is 7.10. The van der Waals surface area contributed by atoms with Gasteiger partial charge >= 0.3 is 0 Å². The van der Waals surface area contributed by atoms with Gasteiger partial charge in [-0.15, -0.1) is 0 Å². The zero-order valence-corrected chi connectivity index (χ0v) is 18.4. The van der Waals surface area contributed by atoms with Crippen molar-refractivity contribution < 1.29 is 19.1 Å². The van der Waals surface area contributed by atoms with Crippen LogP contribution in [0, 0.1) is 19.8 Å². The van der Waals surface area contributed by atoms with Crippen LogP contribution in [0.5, 0.6) is 0 Å². The second-order valence-corrected chi connectivity index (χ2v) is 9.21. The Kier molecular flexibility index (Phi) is 4.61. The van der Waals surface area contributed by atoms with Crippen LogP contribution in [-0.4, -0.2) is 46.2 Å². The number of fused-ring (bicyclic) bond motifs is 3. The quantitative estimate of drug-likeness (QED) is 0.522. The van der Waals surface area contributed by atoms with E-state index >= 15 is 0 Å². The van der Waals surface area contributed by atoms with Gasteiger partial charge in [0, 0.05) is 42.5 Å². The molecule has 32 heavy (non-hydrogen) atoms. The molecule has 6 rings (SSSR count). The molecular formula is C25H27N3O4. The number of aliphatic hydroxyl groups is 1. The average Bonchev–Trinajstić information content (AvgIpc) is 3.28. The lowest BCUT2D eigenvalue weighted by Gasteiger charge is -2.36. The zero-order chi connectivity index (χ0) is 21.9. The van der Waals surface area contributed by atoms with Crippen LogP contribution in [0.2, 0.25) is 0 Å². The van der Waals surface area contributed by atoms with Crippen LogP contribution in [0.3, 0.4) is 0 Å². The van der Waals surface area contributed by atoms with Crippen molar-refractivity contribution in [2.24, 2.45) is 5.92 Å². The first-order chi connectivity index (χ1) is 15.5. The van der Waals surface area contributed by atoms with Crippen molar-refractivity contribution in [2.75, 3.05) is 26.4 Å². The summed E-state index contributed by atoms with van der Waals surface area (Å²) in [4.78, 5) is 4.89. The highest BCUT2D eigenvalue weighted by Crippen LogP contribution is 2.37. The fourth-order valence-electron chi connectivity index (χ4n) is 5.12. The lowest BCUT2D eigenvalue weighted by Crippen LogP contribution is -2.46. The number of ether oxygens (including phenoxy) is 2. The number of nitrogens with zero attached hydrogens (tertiary/aromatic N) is 3. The summed E-state index contributed by atoms with van der Waals surface area (Å²) < 4.78 is 18.7. The summed E-state index contributed by atoms with van der Waals surface area (Å²) in [5.41, 5.74) is 6.06. The van der Waals surface area contributed by atoms with Crippen LogP contribution in [-0.2, 0) is 21.6 Å². The molecule has 2 saturated heterocycles. The molecular weight excluding hydrogens is 406 g/mol. The van der Waals surface area contributed by atoms with Crippen LogP contribution in [0.1, 0.15) is 29.9 Å². The van der Waals surface area contributed by atoms with Crippen molar-refractivity contribution in [3.05, 3.63) is 47.5 Å². The summed E-state index contributed by atoms with van der Waals surface area (Å²) >= 11 is 0. The molecule has 4 aromatic rings. The van der Waals surface area contributed by atoms with E-state index in [1.165, 1.54) is 0 Å². The highest BCUT2D eigenvalue weighted by molar-refractivity contribution is 6.06. The highest BCUT2D eigenvalue weighted by atomic mass is 16.5. The molecule has 0 spiro atoms. The average molecular weight is 434 g/mol. The Bertz CT molecular complexity index is 1290. The molecule has 166 valence electrons. The summed E-state index contributed by atoms with van der Waals surface area (Å²) in [5.74, 6) is 1.34. The van der Waals surface area contributed by atoms with Crippen molar-refractivity contribution in [3.63, 3.8) is 0 Å². The van der Waals surface area contributed by atoms with E-state index in [4.69, 9.17) is 19.0 Å². The summed E-state index contributed by atoms with van der Waals surface area (Å²) in [5, 5.41) is 16.1. The number of hydrogen-bond acceptors (Lipinski definition) is 6. The van der Waals surface area contributed by atoms with E-state index in [0.717, 1.165) is 82.7 Å². The summed E-state index contributed by atoms with van der Waals surface area (Å²) in [6, 6.07) is 8.42. The Balaban J connectivity index is 1.56. The predicted molar refractivity (Wildman–Crippen MR) is 120 cm³/mol. The molecule has 0 atom stereocenters. The van der Waals surface area contributed by atoms with E-state index in [0.29, 0.717) is 19.1 Å². The number of aryl methyl sites for hydroxylation is 2. The Morgan fingerprint density at radius 3 is 2.59 bits per heavy atom. The van der Waals surface area contributed by atoms with Gasteiger partial charge in [0.1, 0.15) is 11.4 Å². The molecule has 0 aliphatic carbocycles. The molecule has 2 aliphatic rings. The molecule has 1 N–H and O–H groups in total. The standard InChI is InChI=1S/C25H27N3O4/c1-15-23(16(2)32-27-15)18-9-22-24(26-11-18)20-4-3-19(25(29)13-31-14-25)10-21(20)28(22)12-17-5-7-30-8-6-17/h3-4,9-11,17,29H,5-8,12-14H2,1-2H3. The smallest absolute Gasteiger partial charge is 0.141 e. The number of hydrogen-bond donors (Lipinski definition) is 1. The molecule has 3 aromatic heterocycles. The molecule has 2 fully saturated rings. The topological polar surface area (TPSA) is 82.5 Å². The Morgan fingerprint density at radius 2 is 1.91 bits per heavy atom. The molecule has 1 aromatic carbocycles. The lowest BCUT2D eigenvalue weighted by molar-refractivity contribution is -0.184. The summed E-state index contributed by atoms with van der Waals surface area (Å²) in [6.07, 6.45) is 4.01. The van der Waals surface area contributed by atoms with E-state index in [1.54, 1.807) is 0 Å². The van der Waals surface area contributed by atoms with E-state index in [9.17, 15) is 5.11 Å². The Labute approximate surface area is 185 Å².